The Morgan fingerprint density at radius 1 is 0.443 bits per heavy atom. The van der Waals surface area contributed by atoms with Gasteiger partial charge in [0, 0.05) is 12.8 Å². The van der Waals surface area contributed by atoms with Gasteiger partial charge in [-0.05, 0) is 77.0 Å². The maximum atomic E-state index is 12.9. The van der Waals surface area contributed by atoms with Crippen LogP contribution in [0.3, 0.4) is 0 Å². The van der Waals surface area contributed by atoms with E-state index in [0.717, 1.165) is 83.5 Å². The topological polar surface area (TPSA) is 108 Å². The zero-order valence-electron chi connectivity index (χ0n) is 46.2. The normalized spacial score (nSPS) is 13.2. The van der Waals surface area contributed by atoms with Crippen molar-refractivity contribution >= 4 is 17.9 Å². The van der Waals surface area contributed by atoms with Gasteiger partial charge < -0.3 is 28.5 Å². The lowest BCUT2D eigenvalue weighted by Crippen LogP contribution is -2.40. The van der Waals surface area contributed by atoms with Crippen molar-refractivity contribution in [2.24, 2.45) is 0 Å². The summed E-state index contributed by atoms with van der Waals surface area (Å²) >= 11 is 0. The minimum absolute atomic E-state index is 0.185. The summed E-state index contributed by atoms with van der Waals surface area (Å²) in [5.41, 5.74) is 0. The van der Waals surface area contributed by atoms with Crippen molar-refractivity contribution in [3.05, 3.63) is 60.8 Å². The summed E-state index contributed by atoms with van der Waals surface area (Å²) in [7, 11) is 5.97. The molecule has 0 amide bonds. The van der Waals surface area contributed by atoms with Crippen molar-refractivity contribution in [2.75, 3.05) is 47.5 Å². The third-order valence-electron chi connectivity index (χ3n) is 12.5. The third kappa shape index (κ3) is 52.8. The fourth-order valence-electron chi connectivity index (χ4n) is 8.06. The molecular weight excluding hydrogens is 875 g/mol. The number of quaternary nitrogens is 1. The van der Waals surface area contributed by atoms with E-state index in [1.165, 1.54) is 141 Å². The molecule has 2 unspecified atom stereocenters. The first-order valence-corrected chi connectivity index (χ1v) is 29.0. The number of hydrogen-bond acceptors (Lipinski definition) is 7. The van der Waals surface area contributed by atoms with Crippen molar-refractivity contribution in [3.63, 3.8) is 0 Å². The summed E-state index contributed by atoms with van der Waals surface area (Å²) in [6, 6.07) is 0. The highest BCUT2D eigenvalue weighted by Gasteiger charge is 2.25. The maximum absolute atomic E-state index is 12.9. The minimum atomic E-state index is -1.51. The first kappa shape index (κ1) is 67.0. The molecule has 0 radical (unpaired) electrons. The molecule has 9 nitrogen and oxygen atoms in total. The summed E-state index contributed by atoms with van der Waals surface area (Å²) in [4.78, 5) is 37.3. The lowest BCUT2D eigenvalue weighted by Gasteiger charge is -2.25. The fourth-order valence-corrected chi connectivity index (χ4v) is 8.06. The SMILES string of the molecule is CC/C=C\C/C=C\C/C=C\C/C=C\CCCCCCCCCCCCCCCCCCCCC(=O)OC(COC(=O)CCCCCCC/C=C\CCCCCCC)COC(OCC[N+](C)(C)C)C(=O)O. The summed E-state index contributed by atoms with van der Waals surface area (Å²) in [6.07, 6.45) is 63.1. The van der Waals surface area contributed by atoms with Crippen LogP contribution in [0.1, 0.15) is 251 Å². The Morgan fingerprint density at radius 3 is 1.23 bits per heavy atom. The third-order valence-corrected chi connectivity index (χ3v) is 12.5. The van der Waals surface area contributed by atoms with E-state index in [9.17, 15) is 19.5 Å². The molecule has 0 fully saturated rings. The van der Waals surface area contributed by atoms with E-state index in [2.05, 4.69) is 74.6 Å². The molecular formula is C61H110NO8+. The van der Waals surface area contributed by atoms with E-state index in [4.69, 9.17) is 18.9 Å². The van der Waals surface area contributed by atoms with E-state index in [1.807, 2.05) is 21.1 Å². The molecule has 0 spiro atoms. The van der Waals surface area contributed by atoms with Crippen LogP contribution < -0.4 is 0 Å². The van der Waals surface area contributed by atoms with Crippen LogP contribution in [0.25, 0.3) is 0 Å². The van der Waals surface area contributed by atoms with Crippen molar-refractivity contribution < 1.29 is 42.9 Å². The highest BCUT2D eigenvalue weighted by atomic mass is 16.7. The number of likely N-dealkylation sites (N-methyl/N-ethyl adjacent to an activating group) is 1. The fraction of sp³-hybridized carbons (Fsp3) is 0.787. The predicted molar refractivity (Wildman–Crippen MR) is 295 cm³/mol. The molecule has 0 saturated carbocycles. The van der Waals surface area contributed by atoms with Crippen LogP contribution in [0.5, 0.6) is 0 Å². The Hall–Kier alpha value is -3.01. The number of unbranched alkanes of at least 4 members (excludes halogenated alkanes) is 28. The standard InChI is InChI=1S/C61H109NO8/c1-6-8-10-12-14-16-18-20-22-23-24-25-26-27-28-29-30-31-32-33-34-35-36-37-38-40-42-44-46-48-50-52-59(64)70-57(56-69-61(60(65)66)67-54-53-62(3,4)5)55-68-58(63)51-49-47-45-43-41-39-21-19-17-15-13-11-9-7-2/h8,10,14,16,19-22,24-25,57,61H,6-7,9,11-13,15,17-18,23,26-56H2,1-5H3/p+1/b10-8-,16-14-,21-19-,22-20-,25-24-. The van der Waals surface area contributed by atoms with Gasteiger partial charge in [-0.2, -0.15) is 0 Å². The van der Waals surface area contributed by atoms with E-state index >= 15 is 0 Å². The van der Waals surface area contributed by atoms with Gasteiger partial charge in [0.25, 0.3) is 6.29 Å². The van der Waals surface area contributed by atoms with Gasteiger partial charge in [-0.15, -0.1) is 0 Å². The van der Waals surface area contributed by atoms with E-state index < -0.39 is 24.3 Å². The first-order chi connectivity index (χ1) is 34.1. The zero-order chi connectivity index (χ0) is 51.3. The van der Waals surface area contributed by atoms with Gasteiger partial charge in [0.2, 0.25) is 0 Å². The molecule has 0 heterocycles. The maximum Gasteiger partial charge on any atom is 0.361 e. The second kappa shape index (κ2) is 52.3. The summed E-state index contributed by atoms with van der Waals surface area (Å²) in [5, 5.41) is 9.69. The average molecular weight is 986 g/mol. The highest BCUT2D eigenvalue weighted by Crippen LogP contribution is 2.16. The molecule has 0 aliphatic carbocycles. The molecule has 0 aliphatic rings. The van der Waals surface area contributed by atoms with Crippen molar-refractivity contribution in [1.82, 2.24) is 0 Å². The molecule has 406 valence electrons. The van der Waals surface area contributed by atoms with Crippen molar-refractivity contribution in [1.29, 1.82) is 0 Å². The molecule has 0 saturated heterocycles. The molecule has 0 rings (SSSR count). The molecule has 0 aliphatic heterocycles. The van der Waals surface area contributed by atoms with E-state index in [-0.39, 0.29) is 32.2 Å². The molecule has 0 aromatic heterocycles. The van der Waals surface area contributed by atoms with Crippen LogP contribution in [-0.2, 0) is 33.3 Å². The van der Waals surface area contributed by atoms with Gasteiger partial charge in [-0.25, -0.2) is 4.79 Å². The lowest BCUT2D eigenvalue weighted by atomic mass is 10.0. The van der Waals surface area contributed by atoms with Gasteiger partial charge in [0.05, 0.1) is 34.4 Å². The number of nitrogens with zero attached hydrogens (tertiary/aromatic N) is 1. The molecule has 1 N–H and O–H groups in total. The first-order valence-electron chi connectivity index (χ1n) is 29.0. The van der Waals surface area contributed by atoms with Crippen LogP contribution in [0.2, 0.25) is 0 Å². The zero-order valence-corrected chi connectivity index (χ0v) is 46.2. The van der Waals surface area contributed by atoms with E-state index in [0.29, 0.717) is 17.4 Å². The number of carbonyl (C=O) groups is 3. The smallest absolute Gasteiger partial charge is 0.361 e. The monoisotopic (exact) mass is 985 g/mol. The lowest BCUT2D eigenvalue weighted by molar-refractivity contribution is -0.870. The summed E-state index contributed by atoms with van der Waals surface area (Å²) in [5.74, 6) is -2.01. The molecule has 70 heavy (non-hydrogen) atoms. The number of carbonyl (C=O) groups excluding carboxylic acids is 2. The molecule has 0 bridgehead atoms. The number of esters is 2. The van der Waals surface area contributed by atoms with Crippen LogP contribution in [0.4, 0.5) is 0 Å². The summed E-state index contributed by atoms with van der Waals surface area (Å²) in [6.45, 7) is 4.76. The number of carboxylic acid groups (broad SMARTS) is 1. The number of hydrogen-bond donors (Lipinski definition) is 1. The Labute approximate surface area is 431 Å². The number of rotatable bonds is 53. The van der Waals surface area contributed by atoms with Crippen LogP contribution in [0, 0.1) is 0 Å². The van der Waals surface area contributed by atoms with Crippen LogP contribution >= 0.6 is 0 Å². The van der Waals surface area contributed by atoms with Crippen molar-refractivity contribution in [2.45, 2.75) is 264 Å². The average Bonchev–Trinajstić information content (AvgIpc) is 3.33. The second-order valence-corrected chi connectivity index (χ2v) is 20.6. The van der Waals surface area contributed by atoms with Crippen molar-refractivity contribution in [3.8, 4) is 0 Å². The van der Waals surface area contributed by atoms with E-state index in [1.54, 1.807) is 0 Å². The Balaban J connectivity index is 4.12. The Morgan fingerprint density at radius 2 is 0.814 bits per heavy atom. The Kier molecular flexibility index (Phi) is 50.1. The number of aliphatic carboxylic acids is 1. The Bertz CT molecular complexity index is 1330. The molecule has 9 heteroatoms. The number of ether oxygens (including phenoxy) is 4. The van der Waals surface area contributed by atoms with Gasteiger partial charge in [-0.1, -0.05) is 222 Å². The van der Waals surface area contributed by atoms with Gasteiger partial charge in [-0.3, -0.25) is 9.59 Å². The minimum Gasteiger partial charge on any atom is -0.477 e. The van der Waals surface area contributed by atoms with Gasteiger partial charge in [0.1, 0.15) is 13.2 Å². The van der Waals surface area contributed by atoms with Gasteiger partial charge >= 0.3 is 17.9 Å². The number of allylic oxidation sites excluding steroid dienone is 10. The predicted octanol–water partition coefficient (Wildman–Crippen LogP) is 16.8. The largest absolute Gasteiger partial charge is 0.477 e. The molecule has 0 aromatic rings. The van der Waals surface area contributed by atoms with Crippen LogP contribution in [-0.4, -0.2) is 87.4 Å². The summed E-state index contributed by atoms with van der Waals surface area (Å²) < 4.78 is 22.8. The number of carboxylic acids is 1. The second-order valence-electron chi connectivity index (χ2n) is 20.6. The van der Waals surface area contributed by atoms with Gasteiger partial charge in [0.15, 0.2) is 6.10 Å². The quantitative estimate of drug-likeness (QED) is 0.0211. The molecule has 2 atom stereocenters. The van der Waals surface area contributed by atoms with Crippen LogP contribution in [0.15, 0.2) is 60.8 Å². The highest BCUT2D eigenvalue weighted by molar-refractivity contribution is 5.71. The molecule has 0 aromatic carbocycles.